The van der Waals surface area contributed by atoms with Gasteiger partial charge in [0.2, 0.25) is 5.95 Å². The molecule has 0 radical (unpaired) electrons. The summed E-state index contributed by atoms with van der Waals surface area (Å²) in [7, 11) is -2.93. The van der Waals surface area contributed by atoms with Gasteiger partial charge in [0.15, 0.2) is 9.84 Å². The van der Waals surface area contributed by atoms with E-state index < -0.39 is 9.84 Å². The maximum Gasteiger partial charge on any atom is 0.225 e. The zero-order chi connectivity index (χ0) is 17.7. The highest BCUT2D eigenvalue weighted by molar-refractivity contribution is 7.91. The molecular weight excluding hydrogens is 336 g/mol. The van der Waals surface area contributed by atoms with Gasteiger partial charge in [0, 0.05) is 24.2 Å². The third-order valence-corrected chi connectivity index (χ3v) is 5.96. The molecular formula is C18H24N4O2S. The Kier molecular flexibility index (Phi) is 5.53. The van der Waals surface area contributed by atoms with Gasteiger partial charge in [0.25, 0.3) is 0 Å². The van der Waals surface area contributed by atoms with Crippen molar-refractivity contribution >= 4 is 21.6 Å². The van der Waals surface area contributed by atoms with Crippen LogP contribution in [-0.4, -0.2) is 42.5 Å². The maximum atomic E-state index is 11.7. The SMILES string of the molecule is CCCCNc1nc(NC2CCS(=O)(=O)C2)cc(-c2ccccc2)n1. The number of anilines is 2. The zero-order valence-electron chi connectivity index (χ0n) is 14.4. The zero-order valence-corrected chi connectivity index (χ0v) is 15.2. The number of nitrogens with zero attached hydrogens (tertiary/aromatic N) is 2. The number of unbranched alkanes of at least 4 members (excludes halogenated alkanes) is 1. The molecule has 1 atom stereocenters. The van der Waals surface area contributed by atoms with Gasteiger partial charge >= 0.3 is 0 Å². The molecule has 2 N–H and O–H groups in total. The molecule has 1 saturated heterocycles. The molecule has 1 aliphatic rings. The first-order valence-corrected chi connectivity index (χ1v) is 10.5. The van der Waals surface area contributed by atoms with Gasteiger partial charge in [-0.3, -0.25) is 0 Å². The minimum Gasteiger partial charge on any atom is -0.366 e. The van der Waals surface area contributed by atoms with Crippen LogP contribution in [0.1, 0.15) is 26.2 Å². The van der Waals surface area contributed by atoms with E-state index in [0.717, 1.165) is 30.6 Å². The molecule has 1 aromatic carbocycles. The highest BCUT2D eigenvalue weighted by Gasteiger charge is 2.28. The predicted molar refractivity (Wildman–Crippen MR) is 102 cm³/mol. The normalized spacial score (nSPS) is 18.8. The van der Waals surface area contributed by atoms with Gasteiger partial charge in [-0.1, -0.05) is 43.7 Å². The molecule has 0 amide bonds. The fourth-order valence-corrected chi connectivity index (χ4v) is 4.53. The third kappa shape index (κ3) is 4.92. The summed E-state index contributed by atoms with van der Waals surface area (Å²) >= 11 is 0. The predicted octanol–water partition coefficient (Wildman–Crippen LogP) is 2.95. The number of rotatable bonds is 7. The molecule has 25 heavy (non-hydrogen) atoms. The lowest BCUT2D eigenvalue weighted by molar-refractivity contribution is 0.602. The largest absolute Gasteiger partial charge is 0.366 e. The summed E-state index contributed by atoms with van der Waals surface area (Å²) in [5.41, 5.74) is 1.82. The van der Waals surface area contributed by atoms with E-state index in [9.17, 15) is 8.42 Å². The van der Waals surface area contributed by atoms with Gasteiger partial charge in [0.05, 0.1) is 17.2 Å². The molecule has 7 heteroatoms. The van der Waals surface area contributed by atoms with Crippen LogP contribution in [0.5, 0.6) is 0 Å². The van der Waals surface area contributed by atoms with E-state index in [1.54, 1.807) is 0 Å². The van der Waals surface area contributed by atoms with Crippen LogP contribution in [-0.2, 0) is 9.84 Å². The molecule has 0 bridgehead atoms. The summed E-state index contributed by atoms with van der Waals surface area (Å²) in [4.78, 5) is 9.11. The van der Waals surface area contributed by atoms with Crippen LogP contribution >= 0.6 is 0 Å². The smallest absolute Gasteiger partial charge is 0.225 e. The highest BCUT2D eigenvalue weighted by Crippen LogP contribution is 2.23. The highest BCUT2D eigenvalue weighted by atomic mass is 32.2. The van der Waals surface area contributed by atoms with E-state index in [1.165, 1.54) is 0 Å². The lowest BCUT2D eigenvalue weighted by Crippen LogP contribution is -2.21. The molecule has 2 heterocycles. The molecule has 0 spiro atoms. The van der Waals surface area contributed by atoms with Gasteiger partial charge in [-0.25, -0.2) is 13.4 Å². The molecule has 0 aliphatic carbocycles. The second-order valence-electron chi connectivity index (χ2n) is 6.35. The van der Waals surface area contributed by atoms with Crippen LogP contribution in [0, 0.1) is 0 Å². The van der Waals surface area contributed by atoms with Gasteiger partial charge in [-0.15, -0.1) is 0 Å². The Balaban J connectivity index is 1.84. The van der Waals surface area contributed by atoms with E-state index >= 15 is 0 Å². The molecule has 6 nitrogen and oxygen atoms in total. The molecule has 0 saturated carbocycles. The van der Waals surface area contributed by atoms with Crippen LogP contribution in [0.2, 0.25) is 0 Å². The quantitative estimate of drug-likeness (QED) is 0.739. The van der Waals surface area contributed by atoms with E-state index in [4.69, 9.17) is 0 Å². The van der Waals surface area contributed by atoms with Crippen LogP contribution < -0.4 is 10.6 Å². The number of hydrogen-bond donors (Lipinski definition) is 2. The average molecular weight is 360 g/mol. The van der Waals surface area contributed by atoms with Crippen LogP contribution in [0.25, 0.3) is 11.3 Å². The first-order chi connectivity index (χ1) is 12.1. The lowest BCUT2D eigenvalue weighted by Gasteiger charge is -2.14. The molecule has 1 aromatic heterocycles. The fraction of sp³-hybridized carbons (Fsp3) is 0.444. The van der Waals surface area contributed by atoms with Gasteiger partial charge < -0.3 is 10.6 Å². The third-order valence-electron chi connectivity index (χ3n) is 4.19. The summed E-state index contributed by atoms with van der Waals surface area (Å²) in [6, 6.07) is 11.7. The number of sulfone groups is 1. The van der Waals surface area contributed by atoms with Crippen molar-refractivity contribution in [2.24, 2.45) is 0 Å². The van der Waals surface area contributed by atoms with Gasteiger partial charge in [-0.05, 0) is 12.8 Å². The topological polar surface area (TPSA) is 84.0 Å². The first kappa shape index (κ1) is 17.7. The van der Waals surface area contributed by atoms with Crippen molar-refractivity contribution in [3.63, 3.8) is 0 Å². The van der Waals surface area contributed by atoms with Crippen LogP contribution in [0.4, 0.5) is 11.8 Å². The monoisotopic (exact) mass is 360 g/mol. The van der Waals surface area contributed by atoms with E-state index in [2.05, 4.69) is 27.5 Å². The van der Waals surface area contributed by atoms with E-state index in [-0.39, 0.29) is 17.5 Å². The van der Waals surface area contributed by atoms with Crippen molar-refractivity contribution in [2.75, 3.05) is 28.7 Å². The summed E-state index contributed by atoms with van der Waals surface area (Å²) in [6.07, 6.45) is 2.75. The Hall–Kier alpha value is -2.15. The Labute approximate surface area is 149 Å². The summed E-state index contributed by atoms with van der Waals surface area (Å²) in [5.74, 6) is 1.63. The maximum absolute atomic E-state index is 11.7. The molecule has 134 valence electrons. The van der Waals surface area contributed by atoms with Crippen molar-refractivity contribution in [3.8, 4) is 11.3 Å². The molecule has 1 aliphatic heterocycles. The number of benzene rings is 1. The minimum atomic E-state index is -2.93. The van der Waals surface area contributed by atoms with E-state index in [1.807, 2.05) is 36.4 Å². The average Bonchev–Trinajstić information content (AvgIpc) is 2.94. The lowest BCUT2D eigenvalue weighted by atomic mass is 10.1. The van der Waals surface area contributed by atoms with Crippen molar-refractivity contribution in [2.45, 2.75) is 32.2 Å². The van der Waals surface area contributed by atoms with Crippen LogP contribution in [0.3, 0.4) is 0 Å². The fourth-order valence-electron chi connectivity index (χ4n) is 2.85. The number of hydrogen-bond acceptors (Lipinski definition) is 6. The Morgan fingerprint density at radius 2 is 2.00 bits per heavy atom. The number of nitrogens with one attached hydrogen (secondary N) is 2. The Bertz CT molecular complexity index is 809. The minimum absolute atomic E-state index is 0.0907. The second kappa shape index (κ2) is 7.82. The van der Waals surface area contributed by atoms with Gasteiger partial charge in [0.1, 0.15) is 5.82 Å². The van der Waals surface area contributed by atoms with Crippen molar-refractivity contribution in [3.05, 3.63) is 36.4 Å². The Morgan fingerprint density at radius 3 is 2.68 bits per heavy atom. The van der Waals surface area contributed by atoms with Crippen LogP contribution in [0.15, 0.2) is 36.4 Å². The summed E-state index contributed by atoms with van der Waals surface area (Å²) < 4.78 is 23.4. The van der Waals surface area contributed by atoms with E-state index in [0.29, 0.717) is 18.2 Å². The van der Waals surface area contributed by atoms with Crippen molar-refractivity contribution in [1.82, 2.24) is 9.97 Å². The first-order valence-electron chi connectivity index (χ1n) is 8.71. The summed E-state index contributed by atoms with van der Waals surface area (Å²) in [5, 5.41) is 6.52. The van der Waals surface area contributed by atoms with Crippen molar-refractivity contribution in [1.29, 1.82) is 0 Å². The molecule has 3 rings (SSSR count). The standard InChI is InChI=1S/C18H24N4O2S/c1-2-3-10-19-18-21-16(14-7-5-4-6-8-14)12-17(22-18)20-15-9-11-25(23,24)13-15/h4-8,12,15H,2-3,9-11,13H2,1H3,(H2,19,20,21,22). The molecule has 1 fully saturated rings. The molecule has 2 aromatic rings. The number of aromatic nitrogens is 2. The second-order valence-corrected chi connectivity index (χ2v) is 8.58. The summed E-state index contributed by atoms with van der Waals surface area (Å²) in [6.45, 7) is 2.95. The Morgan fingerprint density at radius 1 is 1.20 bits per heavy atom. The molecule has 1 unspecified atom stereocenters. The van der Waals surface area contributed by atoms with Gasteiger partial charge in [-0.2, -0.15) is 4.98 Å². The van der Waals surface area contributed by atoms with Crippen molar-refractivity contribution < 1.29 is 8.42 Å².